The SMILES string of the molecule is COC(=O)c1ccccc1NC(=O)COc1ccccc1C(=O)Nc1cccc(SC)c1. The molecule has 0 aliphatic carbocycles. The topological polar surface area (TPSA) is 93.7 Å². The summed E-state index contributed by atoms with van der Waals surface area (Å²) in [7, 11) is 1.27. The number of anilines is 2. The summed E-state index contributed by atoms with van der Waals surface area (Å²) in [6.07, 6.45) is 1.96. The molecule has 0 unspecified atom stereocenters. The van der Waals surface area contributed by atoms with Crippen LogP contribution in [-0.2, 0) is 9.53 Å². The first-order chi connectivity index (χ1) is 15.5. The molecule has 2 N–H and O–H groups in total. The molecular weight excluding hydrogens is 428 g/mol. The Balaban J connectivity index is 1.67. The summed E-state index contributed by atoms with van der Waals surface area (Å²) in [5, 5.41) is 5.47. The standard InChI is InChI=1S/C24H22N2O5S/c1-30-24(29)18-10-3-5-12-20(18)26-22(27)15-31-21-13-6-4-11-19(21)23(28)25-16-8-7-9-17(14-16)32-2/h3-14H,15H2,1-2H3,(H,25,28)(H,26,27). The molecule has 0 fully saturated rings. The van der Waals surface area contributed by atoms with Crippen molar-refractivity contribution in [1.29, 1.82) is 0 Å². The van der Waals surface area contributed by atoms with Crippen molar-refractivity contribution in [2.24, 2.45) is 0 Å². The van der Waals surface area contributed by atoms with E-state index >= 15 is 0 Å². The number of methoxy groups -OCH3 is 1. The molecule has 0 spiro atoms. The van der Waals surface area contributed by atoms with Gasteiger partial charge in [-0.25, -0.2) is 4.79 Å². The van der Waals surface area contributed by atoms with Crippen molar-refractivity contribution >= 4 is 40.9 Å². The summed E-state index contributed by atoms with van der Waals surface area (Å²) >= 11 is 1.58. The van der Waals surface area contributed by atoms with Gasteiger partial charge in [0.25, 0.3) is 11.8 Å². The number of nitrogens with one attached hydrogen (secondary N) is 2. The summed E-state index contributed by atoms with van der Waals surface area (Å²) in [5.74, 6) is -1.13. The molecule has 0 aliphatic heterocycles. The van der Waals surface area contributed by atoms with E-state index in [1.807, 2.05) is 24.5 Å². The monoisotopic (exact) mass is 450 g/mol. The van der Waals surface area contributed by atoms with Crippen LogP contribution in [0.3, 0.4) is 0 Å². The van der Waals surface area contributed by atoms with Gasteiger partial charge in [-0.1, -0.05) is 30.3 Å². The van der Waals surface area contributed by atoms with Crippen LogP contribution >= 0.6 is 11.8 Å². The first-order valence-electron chi connectivity index (χ1n) is 9.66. The smallest absolute Gasteiger partial charge is 0.339 e. The lowest BCUT2D eigenvalue weighted by molar-refractivity contribution is -0.118. The molecule has 0 aliphatic rings. The summed E-state index contributed by atoms with van der Waals surface area (Å²) in [6, 6.07) is 20.6. The van der Waals surface area contributed by atoms with E-state index in [9.17, 15) is 14.4 Å². The predicted molar refractivity (Wildman–Crippen MR) is 125 cm³/mol. The van der Waals surface area contributed by atoms with Crippen molar-refractivity contribution in [1.82, 2.24) is 0 Å². The highest BCUT2D eigenvalue weighted by Gasteiger charge is 2.16. The fourth-order valence-electron chi connectivity index (χ4n) is 2.89. The molecule has 0 radical (unpaired) electrons. The molecule has 3 rings (SSSR count). The number of carbonyl (C=O) groups is 3. The van der Waals surface area contributed by atoms with Crippen LogP contribution < -0.4 is 15.4 Å². The van der Waals surface area contributed by atoms with Gasteiger partial charge in [-0.15, -0.1) is 11.8 Å². The Morgan fingerprint density at radius 3 is 2.34 bits per heavy atom. The van der Waals surface area contributed by atoms with Crippen LogP contribution in [0, 0.1) is 0 Å². The van der Waals surface area contributed by atoms with Crippen LogP contribution in [0.2, 0.25) is 0 Å². The van der Waals surface area contributed by atoms with Crippen molar-refractivity contribution in [3.63, 3.8) is 0 Å². The second-order valence-electron chi connectivity index (χ2n) is 6.56. The third-order valence-electron chi connectivity index (χ3n) is 4.42. The molecule has 3 aromatic rings. The summed E-state index contributed by atoms with van der Waals surface area (Å²) in [6.45, 7) is -0.345. The van der Waals surface area contributed by atoms with Crippen molar-refractivity contribution in [2.45, 2.75) is 4.90 Å². The van der Waals surface area contributed by atoms with Gasteiger partial charge in [-0.2, -0.15) is 0 Å². The molecule has 164 valence electrons. The van der Waals surface area contributed by atoms with Crippen LogP contribution in [0.25, 0.3) is 0 Å². The summed E-state index contributed by atoms with van der Waals surface area (Å²) in [5.41, 5.74) is 1.50. The quantitative estimate of drug-likeness (QED) is 0.389. The molecule has 0 saturated carbocycles. The minimum absolute atomic E-state index is 0.232. The van der Waals surface area contributed by atoms with E-state index in [2.05, 4.69) is 10.6 Å². The van der Waals surface area contributed by atoms with Gasteiger partial charge in [0.15, 0.2) is 6.61 Å². The zero-order valence-corrected chi connectivity index (χ0v) is 18.4. The molecule has 0 heterocycles. The molecule has 0 saturated heterocycles. The minimum Gasteiger partial charge on any atom is -0.483 e. The molecule has 0 aromatic heterocycles. The minimum atomic E-state index is -0.561. The Kier molecular flexibility index (Phi) is 7.88. The van der Waals surface area contributed by atoms with E-state index in [1.165, 1.54) is 7.11 Å². The number of para-hydroxylation sites is 2. The van der Waals surface area contributed by atoms with Gasteiger partial charge < -0.3 is 20.1 Å². The van der Waals surface area contributed by atoms with Gasteiger partial charge in [0, 0.05) is 10.6 Å². The number of rotatable bonds is 8. The van der Waals surface area contributed by atoms with Gasteiger partial charge >= 0.3 is 5.97 Å². The highest BCUT2D eigenvalue weighted by molar-refractivity contribution is 7.98. The second kappa shape index (κ2) is 11.0. The van der Waals surface area contributed by atoms with Gasteiger partial charge in [-0.05, 0) is 48.7 Å². The average Bonchev–Trinajstić information content (AvgIpc) is 2.83. The number of esters is 1. The van der Waals surface area contributed by atoms with Gasteiger partial charge in [-0.3, -0.25) is 9.59 Å². The number of benzene rings is 3. The molecule has 0 bridgehead atoms. The molecule has 3 aromatic carbocycles. The maximum absolute atomic E-state index is 12.8. The third kappa shape index (κ3) is 5.89. The lowest BCUT2D eigenvalue weighted by atomic mass is 10.1. The number of ether oxygens (including phenoxy) is 2. The van der Waals surface area contributed by atoms with E-state index < -0.39 is 11.9 Å². The zero-order chi connectivity index (χ0) is 22.9. The van der Waals surface area contributed by atoms with Crippen molar-refractivity contribution in [3.05, 3.63) is 83.9 Å². The first kappa shape index (κ1) is 22.9. The fourth-order valence-corrected chi connectivity index (χ4v) is 3.35. The van der Waals surface area contributed by atoms with E-state index in [4.69, 9.17) is 9.47 Å². The number of thioether (sulfide) groups is 1. The second-order valence-corrected chi connectivity index (χ2v) is 7.44. The predicted octanol–water partition coefficient (Wildman–Crippen LogP) is 4.46. The lowest BCUT2D eigenvalue weighted by Gasteiger charge is -2.13. The average molecular weight is 451 g/mol. The van der Waals surface area contributed by atoms with Gasteiger partial charge in [0.05, 0.1) is 23.9 Å². The zero-order valence-electron chi connectivity index (χ0n) is 17.6. The number of amides is 2. The Hall–Kier alpha value is -3.78. The molecule has 8 heteroatoms. The van der Waals surface area contributed by atoms with Gasteiger partial charge in [0.1, 0.15) is 5.75 Å². The maximum Gasteiger partial charge on any atom is 0.339 e. The summed E-state index contributed by atoms with van der Waals surface area (Å²) < 4.78 is 10.3. The molecule has 0 atom stereocenters. The Bertz CT molecular complexity index is 1130. The van der Waals surface area contributed by atoms with Crippen molar-refractivity contribution in [3.8, 4) is 5.75 Å². The molecule has 7 nitrogen and oxygen atoms in total. The summed E-state index contributed by atoms with van der Waals surface area (Å²) in [4.78, 5) is 38.1. The molecule has 32 heavy (non-hydrogen) atoms. The van der Waals surface area contributed by atoms with E-state index in [1.54, 1.807) is 66.4 Å². The van der Waals surface area contributed by atoms with E-state index in [0.717, 1.165) is 4.90 Å². The Morgan fingerprint density at radius 1 is 0.875 bits per heavy atom. The van der Waals surface area contributed by atoms with Crippen molar-refractivity contribution < 1.29 is 23.9 Å². The Morgan fingerprint density at radius 2 is 1.59 bits per heavy atom. The van der Waals surface area contributed by atoms with E-state index in [-0.39, 0.29) is 23.8 Å². The number of hydrogen-bond donors (Lipinski definition) is 2. The van der Waals surface area contributed by atoms with Crippen LogP contribution in [0.5, 0.6) is 5.75 Å². The first-order valence-corrected chi connectivity index (χ1v) is 10.9. The van der Waals surface area contributed by atoms with Gasteiger partial charge in [0.2, 0.25) is 0 Å². The maximum atomic E-state index is 12.8. The highest BCUT2D eigenvalue weighted by Crippen LogP contribution is 2.23. The molecular formula is C24H22N2O5S. The fraction of sp³-hybridized carbons (Fsp3) is 0.125. The Labute approximate surface area is 190 Å². The third-order valence-corrected chi connectivity index (χ3v) is 5.15. The number of hydrogen-bond acceptors (Lipinski definition) is 6. The number of carbonyl (C=O) groups excluding carboxylic acids is 3. The normalized spacial score (nSPS) is 10.2. The lowest BCUT2D eigenvalue weighted by Crippen LogP contribution is -2.23. The van der Waals surface area contributed by atoms with E-state index in [0.29, 0.717) is 16.9 Å². The van der Waals surface area contributed by atoms with Crippen LogP contribution in [-0.4, -0.2) is 37.8 Å². The van der Waals surface area contributed by atoms with Crippen molar-refractivity contribution in [2.75, 3.05) is 30.6 Å². The highest BCUT2D eigenvalue weighted by atomic mass is 32.2. The van der Waals surface area contributed by atoms with Crippen LogP contribution in [0.4, 0.5) is 11.4 Å². The largest absolute Gasteiger partial charge is 0.483 e. The van der Waals surface area contributed by atoms with Crippen LogP contribution in [0.1, 0.15) is 20.7 Å². The molecule has 2 amide bonds. The van der Waals surface area contributed by atoms with Crippen LogP contribution in [0.15, 0.2) is 77.7 Å².